The first-order valence-corrected chi connectivity index (χ1v) is 7.87. The van der Waals surface area contributed by atoms with Gasteiger partial charge in [-0.25, -0.2) is 18.2 Å². The molecule has 0 radical (unpaired) electrons. The van der Waals surface area contributed by atoms with Crippen LogP contribution in [0.5, 0.6) is 0 Å². The van der Waals surface area contributed by atoms with Crippen molar-refractivity contribution in [3.8, 4) is 11.3 Å². The van der Waals surface area contributed by atoms with Crippen LogP contribution in [0.15, 0.2) is 41.8 Å². The summed E-state index contributed by atoms with van der Waals surface area (Å²) in [6.45, 7) is 0. The van der Waals surface area contributed by atoms with E-state index in [4.69, 9.17) is 11.6 Å². The molecular weight excluding hydrogens is 361 g/mol. The first-order chi connectivity index (χ1) is 11.4. The van der Waals surface area contributed by atoms with E-state index in [1.54, 1.807) is 0 Å². The van der Waals surface area contributed by atoms with E-state index in [0.717, 1.165) is 35.6 Å². The Morgan fingerprint density at radius 3 is 2.62 bits per heavy atom. The van der Waals surface area contributed by atoms with Crippen molar-refractivity contribution in [3.63, 3.8) is 0 Å². The molecule has 0 saturated carbocycles. The van der Waals surface area contributed by atoms with Crippen LogP contribution in [0.25, 0.3) is 11.3 Å². The molecule has 0 aliphatic heterocycles. The Morgan fingerprint density at radius 2 is 1.83 bits per heavy atom. The van der Waals surface area contributed by atoms with Crippen LogP contribution in [0.3, 0.4) is 0 Å². The maximum atomic E-state index is 13.7. The van der Waals surface area contributed by atoms with Gasteiger partial charge in [-0.3, -0.25) is 10.1 Å². The fourth-order valence-corrected chi connectivity index (χ4v) is 2.86. The molecular formula is C16H8ClF3N2OS. The first kappa shape index (κ1) is 16.5. The van der Waals surface area contributed by atoms with Crippen molar-refractivity contribution in [3.05, 3.63) is 69.8 Å². The van der Waals surface area contributed by atoms with E-state index in [1.165, 1.54) is 17.5 Å². The minimum Gasteiger partial charge on any atom is -0.298 e. The molecule has 3 aromatic rings. The van der Waals surface area contributed by atoms with Gasteiger partial charge < -0.3 is 0 Å². The number of thiazole rings is 1. The largest absolute Gasteiger partial charge is 0.298 e. The summed E-state index contributed by atoms with van der Waals surface area (Å²) in [7, 11) is 0. The summed E-state index contributed by atoms with van der Waals surface area (Å²) in [6, 6.07) is 6.58. The molecule has 3 rings (SSSR count). The SMILES string of the molecule is O=C(Nc1nc(-c2cc(F)ccc2F)cs1)c1cc(Cl)ccc1F. The maximum Gasteiger partial charge on any atom is 0.260 e. The van der Waals surface area contributed by atoms with Crippen molar-refractivity contribution in [1.29, 1.82) is 0 Å². The molecule has 0 fully saturated rings. The van der Waals surface area contributed by atoms with Crippen LogP contribution in [0.1, 0.15) is 10.4 Å². The number of amides is 1. The summed E-state index contributed by atoms with van der Waals surface area (Å²) in [4.78, 5) is 16.1. The zero-order chi connectivity index (χ0) is 17.3. The van der Waals surface area contributed by atoms with Crippen LogP contribution < -0.4 is 5.32 Å². The molecule has 0 aliphatic rings. The number of halogens is 4. The number of aromatic nitrogens is 1. The number of benzene rings is 2. The molecule has 8 heteroatoms. The Labute approximate surface area is 143 Å². The third-order valence-corrected chi connectivity index (χ3v) is 4.09. The number of rotatable bonds is 3. The van der Waals surface area contributed by atoms with Crippen LogP contribution in [0, 0.1) is 17.5 Å². The quantitative estimate of drug-likeness (QED) is 0.696. The Hall–Kier alpha value is -2.38. The molecule has 0 saturated heterocycles. The summed E-state index contributed by atoms with van der Waals surface area (Å²) < 4.78 is 40.6. The Morgan fingerprint density at radius 1 is 1.08 bits per heavy atom. The number of nitrogens with zero attached hydrogens (tertiary/aromatic N) is 1. The molecule has 1 heterocycles. The average Bonchev–Trinajstić information content (AvgIpc) is 3.00. The van der Waals surface area contributed by atoms with Gasteiger partial charge in [0, 0.05) is 16.0 Å². The van der Waals surface area contributed by atoms with Crippen LogP contribution in [0.2, 0.25) is 5.02 Å². The van der Waals surface area contributed by atoms with Gasteiger partial charge in [-0.15, -0.1) is 11.3 Å². The Bertz CT molecular complexity index is 929. The van der Waals surface area contributed by atoms with Gasteiger partial charge in [0.2, 0.25) is 0 Å². The maximum absolute atomic E-state index is 13.7. The normalized spacial score (nSPS) is 10.7. The van der Waals surface area contributed by atoms with E-state index in [1.807, 2.05) is 0 Å². The third-order valence-electron chi connectivity index (χ3n) is 3.10. The predicted octanol–water partition coefficient (Wildman–Crippen LogP) is 5.13. The highest BCUT2D eigenvalue weighted by atomic mass is 35.5. The van der Waals surface area contributed by atoms with Gasteiger partial charge in [0.15, 0.2) is 5.13 Å². The van der Waals surface area contributed by atoms with Crippen molar-refractivity contribution in [2.75, 3.05) is 5.32 Å². The fraction of sp³-hybridized carbons (Fsp3) is 0. The van der Waals surface area contributed by atoms with Gasteiger partial charge in [-0.2, -0.15) is 0 Å². The van der Waals surface area contributed by atoms with Gasteiger partial charge in [0.25, 0.3) is 5.91 Å². The molecule has 2 aromatic carbocycles. The van der Waals surface area contributed by atoms with Crippen LogP contribution >= 0.6 is 22.9 Å². The van der Waals surface area contributed by atoms with Gasteiger partial charge >= 0.3 is 0 Å². The van der Waals surface area contributed by atoms with E-state index >= 15 is 0 Å². The summed E-state index contributed by atoms with van der Waals surface area (Å²) >= 11 is 6.75. The number of hydrogen-bond donors (Lipinski definition) is 1. The highest BCUT2D eigenvalue weighted by Gasteiger charge is 2.16. The van der Waals surface area contributed by atoms with Crippen molar-refractivity contribution in [2.24, 2.45) is 0 Å². The van der Waals surface area contributed by atoms with E-state index in [2.05, 4.69) is 10.3 Å². The van der Waals surface area contributed by atoms with E-state index in [0.29, 0.717) is 0 Å². The standard InChI is InChI=1S/C16H8ClF3N2OS/c17-8-1-3-13(20)11(5-8)15(23)22-16-21-14(7-24-16)10-6-9(18)2-4-12(10)19/h1-7H,(H,21,22,23). The Kier molecular flexibility index (Phi) is 4.55. The number of carbonyl (C=O) groups is 1. The van der Waals surface area contributed by atoms with Gasteiger partial charge in [0.05, 0.1) is 11.3 Å². The van der Waals surface area contributed by atoms with Gasteiger partial charge in [-0.05, 0) is 36.4 Å². The zero-order valence-electron chi connectivity index (χ0n) is 11.8. The Balaban J connectivity index is 1.85. The average molecular weight is 369 g/mol. The zero-order valence-corrected chi connectivity index (χ0v) is 13.4. The lowest BCUT2D eigenvalue weighted by Gasteiger charge is -2.04. The molecule has 122 valence electrons. The molecule has 0 aliphatic carbocycles. The minimum absolute atomic E-state index is 0.0271. The van der Waals surface area contributed by atoms with Crippen molar-refractivity contribution in [2.45, 2.75) is 0 Å². The smallest absolute Gasteiger partial charge is 0.260 e. The molecule has 0 unspecified atom stereocenters. The highest BCUT2D eigenvalue weighted by molar-refractivity contribution is 7.14. The third kappa shape index (κ3) is 3.42. The van der Waals surface area contributed by atoms with E-state index in [-0.39, 0.29) is 27.0 Å². The number of hydrogen-bond acceptors (Lipinski definition) is 3. The summed E-state index contributed by atoms with van der Waals surface area (Å²) in [6.07, 6.45) is 0. The highest BCUT2D eigenvalue weighted by Crippen LogP contribution is 2.28. The lowest BCUT2D eigenvalue weighted by molar-refractivity contribution is 0.102. The number of carbonyl (C=O) groups excluding carboxylic acids is 1. The van der Waals surface area contributed by atoms with Crippen molar-refractivity contribution >= 4 is 34.0 Å². The molecule has 0 spiro atoms. The van der Waals surface area contributed by atoms with Crippen LogP contribution in [0.4, 0.5) is 18.3 Å². The second-order valence-corrected chi connectivity index (χ2v) is 6.03. The molecule has 1 N–H and O–H groups in total. The topological polar surface area (TPSA) is 42.0 Å². The van der Waals surface area contributed by atoms with Crippen molar-refractivity contribution < 1.29 is 18.0 Å². The lowest BCUT2D eigenvalue weighted by Crippen LogP contribution is -2.13. The van der Waals surface area contributed by atoms with Gasteiger partial charge in [-0.1, -0.05) is 11.6 Å². The molecule has 3 nitrogen and oxygen atoms in total. The monoisotopic (exact) mass is 368 g/mol. The molecule has 1 aromatic heterocycles. The second kappa shape index (κ2) is 6.62. The first-order valence-electron chi connectivity index (χ1n) is 6.61. The summed E-state index contributed by atoms with van der Waals surface area (Å²) in [5.41, 5.74) is -0.101. The van der Waals surface area contributed by atoms with E-state index in [9.17, 15) is 18.0 Å². The van der Waals surface area contributed by atoms with Crippen LogP contribution in [-0.2, 0) is 0 Å². The number of anilines is 1. The fourth-order valence-electron chi connectivity index (χ4n) is 1.98. The minimum atomic E-state index is -0.740. The van der Waals surface area contributed by atoms with Crippen molar-refractivity contribution in [1.82, 2.24) is 4.98 Å². The van der Waals surface area contributed by atoms with Gasteiger partial charge in [0.1, 0.15) is 17.5 Å². The number of nitrogens with one attached hydrogen (secondary N) is 1. The summed E-state index contributed by atoms with van der Waals surface area (Å²) in [5.74, 6) is -2.72. The molecule has 0 bridgehead atoms. The predicted molar refractivity (Wildman–Crippen MR) is 86.8 cm³/mol. The summed E-state index contributed by atoms with van der Waals surface area (Å²) in [5, 5.41) is 4.20. The molecule has 24 heavy (non-hydrogen) atoms. The molecule has 0 atom stereocenters. The van der Waals surface area contributed by atoms with Crippen LogP contribution in [-0.4, -0.2) is 10.9 Å². The molecule has 1 amide bonds. The van der Waals surface area contributed by atoms with E-state index < -0.39 is 23.4 Å². The lowest BCUT2D eigenvalue weighted by atomic mass is 10.1. The second-order valence-electron chi connectivity index (χ2n) is 4.74.